The minimum atomic E-state index is -1.01. The fraction of sp³-hybridized carbons (Fsp3) is 0.405. The molecule has 6 rings (SSSR count). The molecule has 248 valence electrons. The predicted molar refractivity (Wildman–Crippen MR) is 181 cm³/mol. The van der Waals surface area contributed by atoms with E-state index >= 15 is 0 Å². The van der Waals surface area contributed by atoms with Crippen LogP contribution in [-0.2, 0) is 17.8 Å². The molecule has 1 aliphatic carbocycles. The average molecular weight is 660 g/mol. The van der Waals surface area contributed by atoms with Crippen LogP contribution >= 0.6 is 11.6 Å². The molecule has 47 heavy (non-hydrogen) atoms. The number of piperazine rings is 1. The average Bonchev–Trinajstić information content (AvgIpc) is 3.90. The molecule has 2 heterocycles. The molecule has 9 nitrogen and oxygen atoms in total. The maximum absolute atomic E-state index is 14.7. The van der Waals surface area contributed by atoms with Gasteiger partial charge in [0, 0.05) is 37.9 Å². The molecule has 3 aromatic carbocycles. The highest BCUT2D eigenvalue weighted by molar-refractivity contribution is 6.32. The highest BCUT2D eigenvalue weighted by atomic mass is 35.5. The van der Waals surface area contributed by atoms with Crippen molar-refractivity contribution in [1.82, 2.24) is 15.1 Å². The third kappa shape index (κ3) is 7.27. The van der Waals surface area contributed by atoms with Crippen molar-refractivity contribution in [2.24, 2.45) is 0 Å². The van der Waals surface area contributed by atoms with Crippen molar-refractivity contribution in [2.75, 3.05) is 32.9 Å². The van der Waals surface area contributed by atoms with Crippen LogP contribution in [0.3, 0.4) is 0 Å². The Morgan fingerprint density at radius 1 is 0.979 bits per heavy atom. The number of benzene rings is 3. The number of carbonyl (C=O) groups is 2. The van der Waals surface area contributed by atoms with E-state index in [-0.39, 0.29) is 24.6 Å². The Kier molecular flexibility index (Phi) is 10.1. The molecular formula is C37H42ClN3O6. The summed E-state index contributed by atoms with van der Waals surface area (Å²) in [6.07, 6.45) is 1.76. The van der Waals surface area contributed by atoms with Crippen molar-refractivity contribution in [1.29, 1.82) is 0 Å². The van der Waals surface area contributed by atoms with Crippen LogP contribution in [-0.4, -0.2) is 83.0 Å². The normalized spacial score (nSPS) is 19.0. The quantitative estimate of drug-likeness (QED) is 0.217. The smallest absolute Gasteiger partial charge is 0.408 e. The molecule has 1 saturated heterocycles. The summed E-state index contributed by atoms with van der Waals surface area (Å²) in [5.41, 5.74) is 6.53. The fourth-order valence-corrected chi connectivity index (χ4v) is 7.00. The SMILES string of the molecule is Cc1cc(Cl)c(OCCOc2ccc(C3=C(C(=O)N(Cc4ccccc4CCO)C4CC4)[C@H]4CNC[C@@H](C3)N4C(=O)O)cc2)cc1C. The summed E-state index contributed by atoms with van der Waals surface area (Å²) in [5, 5.41) is 23.8. The maximum Gasteiger partial charge on any atom is 0.408 e. The standard InChI is InChI=1S/C37H42ClN3O6/c1-23-17-32(38)34(18-24(23)2)47-16-15-46-30-11-7-26(8-12-30)31-19-29-20-39-21-33(41(29)37(44)45)35(31)36(43)40(28-9-10-28)22-27-6-4-3-5-25(27)13-14-42/h3-8,11-12,17-18,28-29,33,39,42H,9-10,13-16,19-22H2,1-2H3,(H,44,45)/t29-,33-/m1/s1. The van der Waals surface area contributed by atoms with Gasteiger partial charge in [0.25, 0.3) is 5.91 Å². The minimum Gasteiger partial charge on any atom is -0.490 e. The Labute approximate surface area is 280 Å². The Morgan fingerprint density at radius 3 is 2.38 bits per heavy atom. The molecule has 1 saturated carbocycles. The third-order valence-corrected chi connectivity index (χ3v) is 9.74. The number of fused-ring (bicyclic) bond motifs is 2. The van der Waals surface area contributed by atoms with Crippen LogP contribution < -0.4 is 14.8 Å². The van der Waals surface area contributed by atoms with Crippen molar-refractivity contribution in [3.63, 3.8) is 0 Å². The van der Waals surface area contributed by atoms with Gasteiger partial charge in [-0.25, -0.2) is 4.79 Å². The number of aliphatic hydroxyl groups excluding tert-OH is 1. The lowest BCUT2D eigenvalue weighted by Gasteiger charge is -2.47. The fourth-order valence-electron chi connectivity index (χ4n) is 6.73. The van der Waals surface area contributed by atoms with Crippen molar-refractivity contribution in [3.05, 3.63) is 99.1 Å². The van der Waals surface area contributed by atoms with Crippen LogP contribution in [0, 0.1) is 13.8 Å². The molecule has 0 unspecified atom stereocenters. The van der Waals surface area contributed by atoms with Gasteiger partial charge >= 0.3 is 6.09 Å². The van der Waals surface area contributed by atoms with Crippen molar-refractivity contribution in [3.8, 4) is 11.5 Å². The number of ether oxygens (including phenoxy) is 2. The number of hydrogen-bond donors (Lipinski definition) is 3. The number of carboxylic acid groups (broad SMARTS) is 1. The van der Waals surface area contributed by atoms with Crippen LogP contribution in [0.5, 0.6) is 11.5 Å². The van der Waals surface area contributed by atoms with Crippen molar-refractivity contribution < 1.29 is 29.3 Å². The molecule has 0 spiro atoms. The highest BCUT2D eigenvalue weighted by Crippen LogP contribution is 2.40. The molecule has 3 aliphatic rings. The number of rotatable bonds is 12. The first-order valence-corrected chi connectivity index (χ1v) is 16.7. The molecular weight excluding hydrogens is 618 g/mol. The monoisotopic (exact) mass is 659 g/mol. The summed E-state index contributed by atoms with van der Waals surface area (Å²) in [6.45, 7) is 6.02. The number of aryl methyl sites for hydroxylation is 2. The summed E-state index contributed by atoms with van der Waals surface area (Å²) in [6, 6.07) is 18.6. The van der Waals surface area contributed by atoms with Gasteiger partial charge < -0.3 is 29.9 Å². The molecule has 2 atom stereocenters. The van der Waals surface area contributed by atoms with E-state index in [0.29, 0.717) is 67.8 Å². The zero-order chi connectivity index (χ0) is 33.1. The van der Waals surface area contributed by atoms with E-state index in [0.717, 1.165) is 46.2 Å². The third-order valence-electron chi connectivity index (χ3n) is 9.45. The van der Waals surface area contributed by atoms with E-state index in [9.17, 15) is 19.8 Å². The summed E-state index contributed by atoms with van der Waals surface area (Å²) in [4.78, 5) is 30.5. The van der Waals surface area contributed by atoms with Gasteiger partial charge in [0.05, 0.1) is 17.1 Å². The lowest BCUT2D eigenvalue weighted by atomic mass is 9.82. The molecule has 0 radical (unpaired) electrons. The number of aliphatic hydroxyl groups is 1. The topological polar surface area (TPSA) is 112 Å². The first-order valence-electron chi connectivity index (χ1n) is 16.3. The molecule has 2 amide bonds. The first-order chi connectivity index (χ1) is 22.7. The molecule has 2 fully saturated rings. The molecule has 3 aromatic rings. The molecule has 2 bridgehead atoms. The Balaban J connectivity index is 1.25. The predicted octanol–water partition coefficient (Wildman–Crippen LogP) is 5.62. The molecule has 2 aliphatic heterocycles. The summed E-state index contributed by atoms with van der Waals surface area (Å²) in [7, 11) is 0. The Hall–Kier alpha value is -4.05. The van der Waals surface area contributed by atoms with Gasteiger partial charge in [-0.3, -0.25) is 9.69 Å². The second-order valence-corrected chi connectivity index (χ2v) is 13.0. The largest absolute Gasteiger partial charge is 0.490 e. The van der Waals surface area contributed by atoms with Gasteiger partial charge in [-0.05, 0) is 97.2 Å². The van der Waals surface area contributed by atoms with Gasteiger partial charge in [0.2, 0.25) is 0 Å². The number of carbonyl (C=O) groups excluding carboxylic acids is 1. The van der Waals surface area contributed by atoms with Gasteiger partial charge in [-0.15, -0.1) is 0 Å². The number of halogens is 1. The Bertz CT molecular complexity index is 1650. The second kappa shape index (κ2) is 14.4. The van der Waals surface area contributed by atoms with E-state index in [1.165, 1.54) is 4.90 Å². The zero-order valence-electron chi connectivity index (χ0n) is 26.9. The van der Waals surface area contributed by atoms with Crippen molar-refractivity contribution >= 4 is 29.2 Å². The zero-order valence-corrected chi connectivity index (χ0v) is 27.6. The molecule has 0 aromatic heterocycles. The number of hydrogen-bond acceptors (Lipinski definition) is 6. The van der Waals surface area contributed by atoms with E-state index in [4.69, 9.17) is 21.1 Å². The number of nitrogens with one attached hydrogen (secondary N) is 1. The second-order valence-electron chi connectivity index (χ2n) is 12.6. The summed E-state index contributed by atoms with van der Waals surface area (Å²) >= 11 is 6.34. The number of amides is 2. The Morgan fingerprint density at radius 2 is 1.68 bits per heavy atom. The van der Waals surface area contributed by atoms with E-state index in [1.54, 1.807) is 0 Å². The van der Waals surface area contributed by atoms with Crippen LogP contribution in [0.25, 0.3) is 5.57 Å². The summed E-state index contributed by atoms with van der Waals surface area (Å²) < 4.78 is 11.8. The van der Waals surface area contributed by atoms with Gasteiger partial charge in [0.1, 0.15) is 24.7 Å². The van der Waals surface area contributed by atoms with Crippen LogP contribution in [0.1, 0.15) is 47.1 Å². The van der Waals surface area contributed by atoms with E-state index in [1.807, 2.05) is 79.4 Å². The van der Waals surface area contributed by atoms with E-state index < -0.39 is 12.1 Å². The highest BCUT2D eigenvalue weighted by Gasteiger charge is 2.46. The van der Waals surface area contributed by atoms with Crippen LogP contribution in [0.2, 0.25) is 5.02 Å². The van der Waals surface area contributed by atoms with Gasteiger partial charge in [-0.1, -0.05) is 48.0 Å². The molecule has 3 N–H and O–H groups in total. The van der Waals surface area contributed by atoms with Crippen molar-refractivity contribution in [2.45, 2.75) is 64.2 Å². The molecule has 10 heteroatoms. The van der Waals surface area contributed by atoms with Crippen LogP contribution in [0.4, 0.5) is 4.79 Å². The summed E-state index contributed by atoms with van der Waals surface area (Å²) in [5.74, 6) is 1.17. The van der Waals surface area contributed by atoms with Crippen LogP contribution in [0.15, 0.2) is 66.2 Å². The first kappa shape index (κ1) is 32.9. The van der Waals surface area contributed by atoms with Gasteiger partial charge in [0.15, 0.2) is 0 Å². The lowest BCUT2D eigenvalue weighted by Crippen LogP contribution is -2.63. The lowest BCUT2D eigenvalue weighted by molar-refractivity contribution is -0.129. The van der Waals surface area contributed by atoms with E-state index in [2.05, 4.69) is 5.32 Å². The minimum absolute atomic E-state index is 0.0277. The maximum atomic E-state index is 14.7. The number of nitrogens with zero attached hydrogens (tertiary/aromatic N) is 2. The van der Waals surface area contributed by atoms with Gasteiger partial charge in [-0.2, -0.15) is 0 Å².